The van der Waals surface area contributed by atoms with Gasteiger partial charge < -0.3 is 9.47 Å². The largest absolute Gasteiger partial charge is 0.445 e. The van der Waals surface area contributed by atoms with Gasteiger partial charge >= 0.3 is 0 Å². The van der Waals surface area contributed by atoms with E-state index in [1.807, 2.05) is 31.2 Å². The van der Waals surface area contributed by atoms with Crippen LogP contribution in [0.4, 0.5) is 0 Å². The standard InChI is InChI=1S/C10H10O2/c1-3-10(2)11-8-6-4-5-7-9(8)12-10/h3-7H,1H2,2H3. The zero-order valence-corrected chi connectivity index (χ0v) is 6.91. The lowest BCUT2D eigenvalue weighted by Crippen LogP contribution is -2.31. The van der Waals surface area contributed by atoms with Gasteiger partial charge in [0.15, 0.2) is 11.5 Å². The molecule has 0 saturated carbocycles. The van der Waals surface area contributed by atoms with Crippen molar-refractivity contribution in [2.45, 2.75) is 12.7 Å². The number of rotatable bonds is 1. The fourth-order valence-electron chi connectivity index (χ4n) is 1.16. The molecule has 0 fully saturated rings. The molecule has 1 heterocycles. The van der Waals surface area contributed by atoms with Crippen LogP contribution in [0.15, 0.2) is 36.9 Å². The second-order valence-electron chi connectivity index (χ2n) is 2.87. The zero-order valence-electron chi connectivity index (χ0n) is 6.91. The fourth-order valence-corrected chi connectivity index (χ4v) is 1.16. The summed E-state index contributed by atoms with van der Waals surface area (Å²) in [7, 11) is 0. The van der Waals surface area contributed by atoms with Gasteiger partial charge in [-0.05, 0) is 18.2 Å². The second kappa shape index (κ2) is 2.27. The first-order valence-corrected chi connectivity index (χ1v) is 3.84. The molecule has 0 atom stereocenters. The number of hydrogen-bond acceptors (Lipinski definition) is 2. The minimum absolute atomic E-state index is 0.691. The van der Waals surface area contributed by atoms with Crippen LogP contribution < -0.4 is 9.47 Å². The molecule has 2 nitrogen and oxygen atoms in total. The molecule has 0 bridgehead atoms. The van der Waals surface area contributed by atoms with Gasteiger partial charge in [0.1, 0.15) is 0 Å². The molecule has 0 unspecified atom stereocenters. The van der Waals surface area contributed by atoms with Gasteiger partial charge in [-0.2, -0.15) is 0 Å². The molecule has 2 heteroatoms. The number of benzene rings is 1. The Morgan fingerprint density at radius 3 is 2.17 bits per heavy atom. The number of ether oxygens (including phenoxy) is 2. The molecule has 1 aliphatic rings. The van der Waals surface area contributed by atoms with Crippen molar-refractivity contribution in [1.82, 2.24) is 0 Å². The summed E-state index contributed by atoms with van der Waals surface area (Å²) in [5.74, 6) is 0.865. The van der Waals surface area contributed by atoms with Gasteiger partial charge in [0.05, 0.1) is 0 Å². The molecule has 1 aromatic rings. The van der Waals surface area contributed by atoms with E-state index in [9.17, 15) is 0 Å². The molecule has 0 amide bonds. The Balaban J connectivity index is 2.39. The Morgan fingerprint density at radius 2 is 1.75 bits per heavy atom. The summed E-state index contributed by atoms with van der Waals surface area (Å²) in [6, 6.07) is 7.59. The van der Waals surface area contributed by atoms with Crippen molar-refractivity contribution < 1.29 is 9.47 Å². The van der Waals surface area contributed by atoms with Gasteiger partial charge in [0.25, 0.3) is 5.79 Å². The second-order valence-corrected chi connectivity index (χ2v) is 2.87. The van der Waals surface area contributed by atoms with Crippen molar-refractivity contribution in [2.24, 2.45) is 0 Å². The van der Waals surface area contributed by atoms with Crippen molar-refractivity contribution in [3.8, 4) is 11.5 Å². The van der Waals surface area contributed by atoms with E-state index in [1.54, 1.807) is 6.08 Å². The first-order chi connectivity index (χ1) is 5.73. The third-order valence-electron chi connectivity index (χ3n) is 1.85. The maximum absolute atomic E-state index is 5.50. The van der Waals surface area contributed by atoms with E-state index in [0.29, 0.717) is 0 Å². The van der Waals surface area contributed by atoms with Crippen LogP contribution >= 0.6 is 0 Å². The first kappa shape index (κ1) is 7.22. The summed E-state index contributed by atoms with van der Waals surface area (Å²) in [5.41, 5.74) is 0. The Hall–Kier alpha value is -1.44. The fraction of sp³-hybridized carbons (Fsp3) is 0.200. The normalized spacial score (nSPS) is 17.4. The van der Waals surface area contributed by atoms with Crippen LogP contribution in [0.5, 0.6) is 11.5 Å². The molecule has 0 radical (unpaired) electrons. The molecule has 12 heavy (non-hydrogen) atoms. The summed E-state index contributed by atoms with van der Waals surface area (Å²) in [6.07, 6.45) is 1.65. The van der Waals surface area contributed by atoms with Gasteiger partial charge in [0, 0.05) is 6.92 Å². The third-order valence-corrected chi connectivity index (χ3v) is 1.85. The highest BCUT2D eigenvalue weighted by molar-refractivity contribution is 5.43. The lowest BCUT2D eigenvalue weighted by Gasteiger charge is -2.17. The molecule has 0 aromatic heterocycles. The van der Waals surface area contributed by atoms with E-state index in [1.165, 1.54) is 0 Å². The molecule has 1 aromatic carbocycles. The van der Waals surface area contributed by atoms with Crippen LogP contribution in [-0.2, 0) is 0 Å². The molecule has 62 valence electrons. The Morgan fingerprint density at radius 1 is 1.25 bits per heavy atom. The van der Waals surface area contributed by atoms with E-state index in [2.05, 4.69) is 6.58 Å². The minimum Gasteiger partial charge on any atom is -0.445 e. The van der Waals surface area contributed by atoms with Gasteiger partial charge in [-0.1, -0.05) is 18.7 Å². The highest BCUT2D eigenvalue weighted by Crippen LogP contribution is 2.38. The van der Waals surface area contributed by atoms with Crippen LogP contribution in [0.25, 0.3) is 0 Å². The molecular weight excluding hydrogens is 152 g/mol. The predicted octanol–water partition coefficient (Wildman–Crippen LogP) is 2.36. The topological polar surface area (TPSA) is 18.5 Å². The quantitative estimate of drug-likeness (QED) is 0.590. The SMILES string of the molecule is C=CC1(C)Oc2ccccc2O1. The predicted molar refractivity (Wildman–Crippen MR) is 46.3 cm³/mol. The maximum atomic E-state index is 5.50. The van der Waals surface area contributed by atoms with E-state index < -0.39 is 5.79 Å². The van der Waals surface area contributed by atoms with Crippen LogP contribution in [0, 0.1) is 0 Å². The van der Waals surface area contributed by atoms with Gasteiger partial charge in [0.2, 0.25) is 0 Å². The highest BCUT2D eigenvalue weighted by Gasteiger charge is 2.32. The maximum Gasteiger partial charge on any atom is 0.268 e. The van der Waals surface area contributed by atoms with E-state index in [0.717, 1.165) is 11.5 Å². The monoisotopic (exact) mass is 162 g/mol. The third kappa shape index (κ3) is 0.961. The van der Waals surface area contributed by atoms with Crippen LogP contribution in [-0.4, -0.2) is 5.79 Å². The van der Waals surface area contributed by atoms with E-state index in [4.69, 9.17) is 9.47 Å². The van der Waals surface area contributed by atoms with Crippen LogP contribution in [0.2, 0.25) is 0 Å². The summed E-state index contributed by atoms with van der Waals surface area (Å²) in [4.78, 5) is 0. The van der Waals surface area contributed by atoms with Crippen molar-refractivity contribution in [3.63, 3.8) is 0 Å². The van der Waals surface area contributed by atoms with Gasteiger partial charge in [-0.3, -0.25) is 0 Å². The van der Waals surface area contributed by atoms with Crippen LogP contribution in [0.3, 0.4) is 0 Å². The van der Waals surface area contributed by atoms with Gasteiger partial charge in [-0.25, -0.2) is 0 Å². The lowest BCUT2D eigenvalue weighted by atomic mass is 10.3. The van der Waals surface area contributed by atoms with Crippen LogP contribution in [0.1, 0.15) is 6.92 Å². The highest BCUT2D eigenvalue weighted by atomic mass is 16.7. The van der Waals surface area contributed by atoms with Gasteiger partial charge in [-0.15, -0.1) is 0 Å². The molecular formula is C10H10O2. The Labute approximate surface area is 71.4 Å². The van der Waals surface area contributed by atoms with Crippen molar-refractivity contribution >= 4 is 0 Å². The van der Waals surface area contributed by atoms with E-state index >= 15 is 0 Å². The molecule has 1 aliphatic heterocycles. The molecule has 0 spiro atoms. The van der Waals surface area contributed by atoms with Crippen molar-refractivity contribution in [1.29, 1.82) is 0 Å². The zero-order chi connectivity index (χ0) is 8.60. The van der Waals surface area contributed by atoms with Crippen molar-refractivity contribution in [2.75, 3.05) is 0 Å². The van der Waals surface area contributed by atoms with E-state index in [-0.39, 0.29) is 0 Å². The molecule has 0 N–H and O–H groups in total. The average molecular weight is 162 g/mol. The first-order valence-electron chi connectivity index (χ1n) is 3.84. The Kier molecular flexibility index (Phi) is 1.37. The number of fused-ring (bicyclic) bond motifs is 1. The smallest absolute Gasteiger partial charge is 0.268 e. The summed E-state index contributed by atoms with van der Waals surface area (Å²) in [6.45, 7) is 5.48. The number of para-hydroxylation sites is 2. The summed E-state index contributed by atoms with van der Waals surface area (Å²) >= 11 is 0. The Bertz CT molecular complexity index is 292. The summed E-state index contributed by atoms with van der Waals surface area (Å²) in [5, 5.41) is 0. The molecule has 0 aliphatic carbocycles. The molecule has 2 rings (SSSR count). The molecule has 0 saturated heterocycles. The number of hydrogen-bond donors (Lipinski definition) is 0. The minimum atomic E-state index is -0.691. The van der Waals surface area contributed by atoms with Crippen molar-refractivity contribution in [3.05, 3.63) is 36.9 Å². The summed E-state index contributed by atoms with van der Waals surface area (Å²) < 4.78 is 11.0. The average Bonchev–Trinajstić information content (AvgIpc) is 2.42. The lowest BCUT2D eigenvalue weighted by molar-refractivity contribution is -0.0138.